The number of halogens is 1. The van der Waals surface area contributed by atoms with Gasteiger partial charge in [0, 0.05) is 0 Å². The fourth-order valence-electron chi connectivity index (χ4n) is 3.78. The van der Waals surface area contributed by atoms with Crippen molar-refractivity contribution < 1.29 is 4.79 Å². The Morgan fingerprint density at radius 2 is 1.15 bits per heavy atom. The van der Waals surface area contributed by atoms with Crippen LogP contribution in [-0.2, 0) is 4.79 Å². The molecule has 0 amide bonds. The molecule has 1 atom stereocenters. The standard InChI is InChI=1S/C24H25BrGeO/c1-20(25)12-11-19-24(27)26(21-13-5-2-6-14-21,22-15-7-3-8-16-22)23-17-9-4-10-18-23/h2-10,13-18,20H,11-12,19H2,1H3. The summed E-state index contributed by atoms with van der Waals surface area (Å²) in [6.07, 6.45) is 2.57. The SMILES string of the molecule is CC(Br)CCC[C](=O)[Ge]([c]1ccccc1)([c]1ccccc1)[c]1ccccc1. The average molecular weight is 482 g/mol. The van der Waals surface area contributed by atoms with Crippen molar-refractivity contribution in [2.45, 2.75) is 31.0 Å². The van der Waals surface area contributed by atoms with Gasteiger partial charge in [-0.2, -0.15) is 0 Å². The van der Waals surface area contributed by atoms with Gasteiger partial charge in [0.05, 0.1) is 0 Å². The van der Waals surface area contributed by atoms with Crippen LogP contribution >= 0.6 is 15.9 Å². The number of hydrogen-bond acceptors (Lipinski definition) is 1. The molecule has 0 spiro atoms. The molecule has 0 radical (unpaired) electrons. The van der Waals surface area contributed by atoms with Crippen LogP contribution in [0.15, 0.2) is 91.0 Å². The molecule has 0 heterocycles. The van der Waals surface area contributed by atoms with E-state index in [1.165, 1.54) is 13.2 Å². The molecule has 3 heteroatoms. The van der Waals surface area contributed by atoms with Gasteiger partial charge in [0.15, 0.2) is 0 Å². The van der Waals surface area contributed by atoms with Gasteiger partial charge in [-0.05, 0) is 0 Å². The van der Waals surface area contributed by atoms with Gasteiger partial charge in [0.2, 0.25) is 0 Å². The Kier molecular flexibility index (Phi) is 7.09. The molecule has 0 aliphatic rings. The Labute approximate surface area is 173 Å². The Bertz CT molecular complexity index is 751. The van der Waals surface area contributed by atoms with Gasteiger partial charge in [0.1, 0.15) is 0 Å². The maximum atomic E-state index is 13.9. The van der Waals surface area contributed by atoms with E-state index in [-0.39, 0.29) is 0 Å². The van der Waals surface area contributed by atoms with Crippen molar-refractivity contribution in [1.29, 1.82) is 0 Å². The van der Waals surface area contributed by atoms with E-state index in [4.69, 9.17) is 0 Å². The summed E-state index contributed by atoms with van der Waals surface area (Å²) < 4.78 is 4.08. The minimum atomic E-state index is -3.44. The van der Waals surface area contributed by atoms with Crippen LogP contribution in [0.25, 0.3) is 0 Å². The number of benzene rings is 3. The Morgan fingerprint density at radius 3 is 1.48 bits per heavy atom. The normalized spacial score (nSPS) is 12.5. The van der Waals surface area contributed by atoms with Crippen LogP contribution in [0.2, 0.25) is 0 Å². The zero-order valence-electron chi connectivity index (χ0n) is 15.6. The molecule has 0 N–H and O–H groups in total. The third-order valence-electron chi connectivity index (χ3n) is 5.04. The fraction of sp³-hybridized carbons (Fsp3) is 0.208. The van der Waals surface area contributed by atoms with Gasteiger partial charge in [0.25, 0.3) is 0 Å². The number of carbonyl (C=O) groups is 1. The van der Waals surface area contributed by atoms with Crippen molar-refractivity contribution in [1.82, 2.24) is 0 Å². The van der Waals surface area contributed by atoms with Crippen LogP contribution in [-0.4, -0.2) is 22.7 Å². The zero-order chi connectivity index (χ0) is 19.1. The van der Waals surface area contributed by atoms with Crippen molar-refractivity contribution in [3.8, 4) is 0 Å². The van der Waals surface area contributed by atoms with Gasteiger partial charge in [-0.3, -0.25) is 0 Å². The maximum absolute atomic E-state index is 13.9. The van der Waals surface area contributed by atoms with Crippen molar-refractivity contribution >= 4 is 47.0 Å². The van der Waals surface area contributed by atoms with Gasteiger partial charge >= 0.3 is 174 Å². The molecule has 1 unspecified atom stereocenters. The van der Waals surface area contributed by atoms with E-state index >= 15 is 0 Å². The van der Waals surface area contributed by atoms with Crippen molar-refractivity contribution in [2.75, 3.05) is 0 Å². The number of alkyl halides is 1. The van der Waals surface area contributed by atoms with E-state index in [0.717, 1.165) is 12.8 Å². The average Bonchev–Trinajstić information content (AvgIpc) is 2.71. The van der Waals surface area contributed by atoms with E-state index in [2.05, 4.69) is 95.7 Å². The monoisotopic (exact) mass is 482 g/mol. The zero-order valence-corrected chi connectivity index (χ0v) is 19.3. The Balaban J connectivity index is 2.18. The Morgan fingerprint density at radius 1 is 0.778 bits per heavy atom. The first-order valence-corrected chi connectivity index (χ1v) is 14.6. The summed E-state index contributed by atoms with van der Waals surface area (Å²) in [5.74, 6) is 0. The van der Waals surface area contributed by atoms with Crippen molar-refractivity contribution in [3.05, 3.63) is 91.0 Å². The molecule has 138 valence electrons. The van der Waals surface area contributed by atoms with E-state index in [1.54, 1.807) is 0 Å². The fourth-order valence-corrected chi connectivity index (χ4v) is 13.7. The summed E-state index contributed by atoms with van der Waals surface area (Å²) in [7, 11) is 0. The van der Waals surface area contributed by atoms with Gasteiger partial charge in [-0.15, -0.1) is 0 Å². The molecule has 3 aromatic carbocycles. The van der Waals surface area contributed by atoms with Gasteiger partial charge in [-0.1, -0.05) is 0 Å². The van der Waals surface area contributed by atoms with Crippen LogP contribution in [0.1, 0.15) is 26.2 Å². The number of carbonyl (C=O) groups excluding carboxylic acids is 1. The molecule has 0 saturated heterocycles. The second-order valence-corrected chi connectivity index (χ2v) is 16.5. The first-order chi connectivity index (χ1) is 13.2. The summed E-state index contributed by atoms with van der Waals surface area (Å²) in [5, 5.41) is 0. The van der Waals surface area contributed by atoms with E-state index in [0.29, 0.717) is 15.9 Å². The first kappa shape index (κ1) is 20.1. The topological polar surface area (TPSA) is 17.1 Å². The predicted octanol–water partition coefficient (Wildman–Crippen LogP) is 4.22. The van der Waals surface area contributed by atoms with Crippen LogP contribution in [0.4, 0.5) is 0 Å². The van der Waals surface area contributed by atoms with E-state index < -0.39 is 13.3 Å². The predicted molar refractivity (Wildman–Crippen MR) is 121 cm³/mol. The van der Waals surface area contributed by atoms with Crippen molar-refractivity contribution in [2.24, 2.45) is 0 Å². The summed E-state index contributed by atoms with van der Waals surface area (Å²) in [6, 6.07) is 31.4. The van der Waals surface area contributed by atoms with Gasteiger partial charge < -0.3 is 0 Å². The molecule has 0 aromatic heterocycles. The molecule has 1 nitrogen and oxygen atoms in total. The number of rotatable bonds is 8. The molecule has 0 fully saturated rings. The van der Waals surface area contributed by atoms with E-state index in [9.17, 15) is 4.79 Å². The molecule has 0 aliphatic heterocycles. The van der Waals surface area contributed by atoms with Crippen molar-refractivity contribution in [3.63, 3.8) is 0 Å². The van der Waals surface area contributed by atoms with Crippen LogP contribution in [0.3, 0.4) is 0 Å². The summed E-state index contributed by atoms with van der Waals surface area (Å²) in [4.78, 5) is 14.4. The van der Waals surface area contributed by atoms with Crippen LogP contribution in [0, 0.1) is 0 Å². The third-order valence-corrected chi connectivity index (χ3v) is 15.3. The molecule has 3 rings (SSSR count). The molecule has 0 aliphatic carbocycles. The molecular formula is C24H25BrGeO. The third kappa shape index (κ3) is 4.44. The Hall–Kier alpha value is -1.65. The second-order valence-electron chi connectivity index (χ2n) is 6.94. The quantitative estimate of drug-likeness (QED) is 0.348. The molecule has 3 aromatic rings. The first-order valence-electron chi connectivity index (χ1n) is 9.49. The second kappa shape index (κ2) is 9.52. The number of hydrogen-bond donors (Lipinski definition) is 0. The minimum absolute atomic E-state index is 0.437. The molecular weight excluding hydrogens is 457 g/mol. The summed E-state index contributed by atoms with van der Waals surface area (Å²) >= 11 is 0.169. The van der Waals surface area contributed by atoms with Crippen LogP contribution < -0.4 is 13.2 Å². The molecule has 0 bridgehead atoms. The summed E-state index contributed by atoms with van der Waals surface area (Å²) in [5.41, 5.74) is 0. The van der Waals surface area contributed by atoms with Crippen LogP contribution in [0.5, 0.6) is 0 Å². The summed E-state index contributed by atoms with van der Waals surface area (Å²) in [6.45, 7) is 2.14. The molecule has 0 saturated carbocycles. The van der Waals surface area contributed by atoms with E-state index in [1.807, 2.05) is 18.2 Å². The molecule has 27 heavy (non-hydrogen) atoms. The van der Waals surface area contributed by atoms with Gasteiger partial charge in [-0.25, -0.2) is 0 Å².